The molecule has 0 bridgehead atoms. The molecular weight excluding hydrogens is 124 g/mol. The first-order valence-corrected chi connectivity index (χ1v) is 3.52. The summed E-state index contributed by atoms with van der Waals surface area (Å²) in [6, 6.07) is 0. The van der Waals surface area contributed by atoms with Crippen molar-refractivity contribution in [3.8, 4) is 0 Å². The molecule has 0 radical (unpaired) electrons. The molecule has 0 fully saturated rings. The predicted molar refractivity (Wildman–Crippen MR) is 43.9 cm³/mol. The Morgan fingerprint density at radius 3 is 2.60 bits per heavy atom. The molecule has 0 aromatic carbocycles. The molecule has 0 aliphatic carbocycles. The van der Waals surface area contributed by atoms with Crippen LogP contribution in [0.25, 0.3) is 0 Å². The smallest absolute Gasteiger partial charge is 0.149 e. The van der Waals surface area contributed by atoms with Crippen LogP contribution < -0.4 is 0 Å². The van der Waals surface area contributed by atoms with Crippen molar-refractivity contribution >= 4 is 6.29 Å². The van der Waals surface area contributed by atoms with Crippen molar-refractivity contribution in [2.24, 2.45) is 0 Å². The van der Waals surface area contributed by atoms with Crippen molar-refractivity contribution in [3.05, 3.63) is 23.8 Å². The van der Waals surface area contributed by atoms with Gasteiger partial charge in [-0.05, 0) is 13.3 Å². The maximum absolute atomic E-state index is 10.1. The van der Waals surface area contributed by atoms with Gasteiger partial charge in [-0.3, -0.25) is 4.79 Å². The van der Waals surface area contributed by atoms with E-state index >= 15 is 0 Å². The lowest BCUT2D eigenvalue weighted by Crippen LogP contribution is -1.79. The number of carbonyl (C=O) groups is 1. The lowest BCUT2D eigenvalue weighted by atomic mass is 10.1. The maximum Gasteiger partial charge on any atom is 0.149 e. The average molecular weight is 138 g/mol. The van der Waals surface area contributed by atoms with Crippen LogP contribution >= 0.6 is 0 Å². The van der Waals surface area contributed by atoms with E-state index in [1.165, 1.54) is 5.57 Å². The van der Waals surface area contributed by atoms with Crippen molar-refractivity contribution in [1.29, 1.82) is 0 Å². The van der Waals surface area contributed by atoms with Crippen molar-refractivity contribution in [2.45, 2.75) is 26.7 Å². The third-order valence-electron chi connectivity index (χ3n) is 1.23. The molecule has 0 unspecified atom stereocenters. The van der Waals surface area contributed by atoms with Crippen LogP contribution in [0.1, 0.15) is 26.7 Å². The zero-order chi connectivity index (χ0) is 7.98. The average Bonchev–Trinajstić information content (AvgIpc) is 1.88. The predicted octanol–water partition coefficient (Wildman–Crippen LogP) is 2.49. The number of aldehydes is 1. The van der Waals surface area contributed by atoms with Gasteiger partial charge in [0.1, 0.15) is 6.29 Å². The quantitative estimate of drug-likeness (QED) is 0.331. The van der Waals surface area contributed by atoms with Crippen LogP contribution in [-0.4, -0.2) is 6.29 Å². The number of allylic oxidation sites excluding steroid dienone is 3. The van der Waals surface area contributed by atoms with Crippen molar-refractivity contribution in [3.63, 3.8) is 0 Å². The SMILES string of the molecule is C=C(C=O)/C=C(\C)CCC. The van der Waals surface area contributed by atoms with Gasteiger partial charge >= 0.3 is 0 Å². The Bertz CT molecular complexity index is 154. The molecule has 0 spiro atoms. The second-order valence-corrected chi connectivity index (χ2v) is 2.43. The molecule has 0 rings (SSSR count). The van der Waals surface area contributed by atoms with Gasteiger partial charge in [0.05, 0.1) is 0 Å². The van der Waals surface area contributed by atoms with Crippen LogP contribution in [0.15, 0.2) is 23.8 Å². The normalized spacial score (nSPS) is 11.2. The third kappa shape index (κ3) is 4.07. The minimum Gasteiger partial charge on any atom is -0.298 e. The maximum atomic E-state index is 10.1. The molecule has 10 heavy (non-hydrogen) atoms. The summed E-state index contributed by atoms with van der Waals surface area (Å²) in [4.78, 5) is 10.1. The van der Waals surface area contributed by atoms with Gasteiger partial charge in [-0.2, -0.15) is 0 Å². The zero-order valence-corrected chi connectivity index (χ0v) is 6.68. The molecule has 56 valence electrons. The van der Waals surface area contributed by atoms with E-state index in [-0.39, 0.29) is 0 Å². The summed E-state index contributed by atoms with van der Waals surface area (Å²) in [6.45, 7) is 7.68. The van der Waals surface area contributed by atoms with E-state index in [2.05, 4.69) is 13.5 Å². The van der Waals surface area contributed by atoms with E-state index in [9.17, 15) is 4.79 Å². The molecule has 1 heteroatoms. The van der Waals surface area contributed by atoms with Crippen molar-refractivity contribution in [2.75, 3.05) is 0 Å². The summed E-state index contributed by atoms with van der Waals surface area (Å²) in [5.74, 6) is 0. The fourth-order valence-corrected chi connectivity index (χ4v) is 0.817. The van der Waals surface area contributed by atoms with E-state index in [1.807, 2.05) is 13.0 Å². The number of carbonyl (C=O) groups excluding carboxylic acids is 1. The summed E-state index contributed by atoms with van der Waals surface area (Å²) >= 11 is 0. The van der Waals surface area contributed by atoms with Crippen LogP contribution in [0.5, 0.6) is 0 Å². The van der Waals surface area contributed by atoms with Gasteiger partial charge in [0.15, 0.2) is 0 Å². The van der Waals surface area contributed by atoms with E-state index in [4.69, 9.17) is 0 Å². The van der Waals surface area contributed by atoms with E-state index in [1.54, 1.807) is 0 Å². The van der Waals surface area contributed by atoms with Crippen molar-refractivity contribution in [1.82, 2.24) is 0 Å². The van der Waals surface area contributed by atoms with Gasteiger partial charge < -0.3 is 0 Å². The van der Waals surface area contributed by atoms with E-state index in [0.717, 1.165) is 19.1 Å². The summed E-state index contributed by atoms with van der Waals surface area (Å²) in [6.07, 6.45) is 4.77. The molecule has 0 atom stereocenters. The van der Waals surface area contributed by atoms with Gasteiger partial charge in [-0.25, -0.2) is 0 Å². The molecule has 0 heterocycles. The lowest BCUT2D eigenvalue weighted by Gasteiger charge is -1.94. The Morgan fingerprint density at radius 1 is 1.60 bits per heavy atom. The first-order valence-electron chi connectivity index (χ1n) is 3.52. The summed E-state index contributed by atoms with van der Waals surface area (Å²) in [5, 5.41) is 0. The summed E-state index contributed by atoms with van der Waals surface area (Å²) in [7, 11) is 0. The highest BCUT2D eigenvalue weighted by molar-refractivity contribution is 5.76. The Balaban J connectivity index is 3.89. The molecule has 0 saturated carbocycles. The van der Waals surface area contributed by atoms with Gasteiger partial charge in [0.25, 0.3) is 0 Å². The van der Waals surface area contributed by atoms with E-state index < -0.39 is 0 Å². The van der Waals surface area contributed by atoms with Gasteiger partial charge in [-0.1, -0.05) is 31.6 Å². The monoisotopic (exact) mass is 138 g/mol. The second kappa shape index (κ2) is 4.98. The van der Waals surface area contributed by atoms with Crippen LogP contribution in [0.4, 0.5) is 0 Å². The Labute approximate surface area is 62.4 Å². The minimum absolute atomic E-state index is 0.561. The number of rotatable bonds is 4. The number of hydrogen-bond acceptors (Lipinski definition) is 1. The van der Waals surface area contributed by atoms with Crippen LogP contribution in [-0.2, 0) is 4.79 Å². The molecule has 0 aromatic rings. The van der Waals surface area contributed by atoms with Crippen LogP contribution in [0.3, 0.4) is 0 Å². The minimum atomic E-state index is 0.561. The second-order valence-electron chi connectivity index (χ2n) is 2.43. The fraction of sp³-hybridized carbons (Fsp3) is 0.444. The zero-order valence-electron chi connectivity index (χ0n) is 6.68. The van der Waals surface area contributed by atoms with Gasteiger partial charge in [0, 0.05) is 5.57 Å². The third-order valence-corrected chi connectivity index (χ3v) is 1.23. The summed E-state index contributed by atoms with van der Waals surface area (Å²) in [5.41, 5.74) is 1.78. The molecule has 0 amide bonds. The van der Waals surface area contributed by atoms with Crippen LogP contribution in [0, 0.1) is 0 Å². The van der Waals surface area contributed by atoms with Crippen molar-refractivity contribution < 1.29 is 4.79 Å². The highest BCUT2D eigenvalue weighted by Crippen LogP contribution is 2.04. The standard InChI is InChI=1S/C9H14O/c1-4-5-8(2)6-9(3)7-10/h6-7H,3-5H2,1-2H3/b8-6+. The van der Waals surface area contributed by atoms with Gasteiger partial charge in [-0.15, -0.1) is 0 Å². The lowest BCUT2D eigenvalue weighted by molar-refractivity contribution is -0.104. The Kier molecular flexibility index (Phi) is 4.55. The molecular formula is C9H14O. The topological polar surface area (TPSA) is 17.1 Å². The molecule has 0 N–H and O–H groups in total. The Hall–Kier alpha value is -0.850. The largest absolute Gasteiger partial charge is 0.298 e. The number of hydrogen-bond donors (Lipinski definition) is 0. The first-order chi connectivity index (χ1) is 4.70. The molecule has 0 aliphatic heterocycles. The highest BCUT2D eigenvalue weighted by atomic mass is 16.1. The Morgan fingerprint density at radius 2 is 2.20 bits per heavy atom. The fourth-order valence-electron chi connectivity index (χ4n) is 0.817. The van der Waals surface area contributed by atoms with E-state index in [0.29, 0.717) is 5.57 Å². The molecule has 0 saturated heterocycles. The van der Waals surface area contributed by atoms with Crippen LogP contribution in [0.2, 0.25) is 0 Å². The first kappa shape index (κ1) is 9.15. The highest BCUT2D eigenvalue weighted by Gasteiger charge is 1.88. The van der Waals surface area contributed by atoms with Gasteiger partial charge in [0.2, 0.25) is 0 Å². The molecule has 1 nitrogen and oxygen atoms in total. The molecule has 0 aromatic heterocycles. The summed E-state index contributed by atoms with van der Waals surface area (Å²) < 4.78 is 0. The molecule has 0 aliphatic rings.